The summed E-state index contributed by atoms with van der Waals surface area (Å²) in [6, 6.07) is 15.7. The van der Waals surface area contributed by atoms with Crippen LogP contribution < -0.4 is 10.0 Å². The lowest BCUT2D eigenvalue weighted by Crippen LogP contribution is -2.38. The Balaban J connectivity index is 1.92. The minimum atomic E-state index is -3.69. The predicted octanol–water partition coefficient (Wildman–Crippen LogP) is 2.45. The number of carbonyl (C=O) groups excluding carboxylic acids is 1. The molecule has 0 aliphatic heterocycles. The molecule has 0 heterocycles. The molecule has 122 valence electrons. The van der Waals surface area contributed by atoms with Gasteiger partial charge < -0.3 is 5.32 Å². The summed E-state index contributed by atoms with van der Waals surface area (Å²) in [6.45, 7) is 1.55. The molecule has 2 aromatic rings. The number of halogens is 1. The molecule has 2 aromatic carbocycles. The lowest BCUT2D eigenvalue weighted by Gasteiger charge is -2.14. The van der Waals surface area contributed by atoms with Gasteiger partial charge in [-0.1, -0.05) is 30.3 Å². The van der Waals surface area contributed by atoms with Crippen molar-refractivity contribution in [1.29, 1.82) is 0 Å². The van der Waals surface area contributed by atoms with Crippen molar-refractivity contribution in [2.24, 2.45) is 0 Å². The van der Waals surface area contributed by atoms with Crippen LogP contribution in [0.1, 0.15) is 18.5 Å². The number of carbonyl (C=O) groups is 1. The number of rotatable bonds is 6. The van der Waals surface area contributed by atoms with E-state index >= 15 is 0 Å². The Morgan fingerprint density at radius 1 is 1.09 bits per heavy atom. The van der Waals surface area contributed by atoms with Gasteiger partial charge in [0, 0.05) is 3.57 Å². The van der Waals surface area contributed by atoms with Gasteiger partial charge in [-0.2, -0.15) is 0 Å². The van der Waals surface area contributed by atoms with Gasteiger partial charge >= 0.3 is 0 Å². The molecule has 0 fully saturated rings. The van der Waals surface area contributed by atoms with Gasteiger partial charge in [0.1, 0.15) is 0 Å². The van der Waals surface area contributed by atoms with Gasteiger partial charge in [0.15, 0.2) is 0 Å². The second-order valence-corrected chi connectivity index (χ2v) is 7.99. The first-order chi connectivity index (χ1) is 10.9. The number of hydrogen-bond acceptors (Lipinski definition) is 3. The van der Waals surface area contributed by atoms with E-state index in [0.29, 0.717) is 0 Å². The number of benzene rings is 2. The van der Waals surface area contributed by atoms with Crippen molar-refractivity contribution in [3.8, 4) is 0 Å². The Morgan fingerprint density at radius 2 is 1.70 bits per heavy atom. The van der Waals surface area contributed by atoms with Crippen LogP contribution in [0, 0.1) is 3.57 Å². The summed E-state index contributed by atoms with van der Waals surface area (Å²) in [4.78, 5) is 12.1. The van der Waals surface area contributed by atoms with Crippen LogP contribution in [0.2, 0.25) is 0 Å². The fraction of sp³-hybridized carbons (Fsp3) is 0.188. The zero-order chi connectivity index (χ0) is 16.9. The summed E-state index contributed by atoms with van der Waals surface area (Å²) >= 11 is 2.10. The molecule has 1 amide bonds. The molecule has 0 aliphatic rings. The molecule has 0 spiro atoms. The van der Waals surface area contributed by atoms with Crippen LogP contribution in [0.5, 0.6) is 0 Å². The number of nitrogens with one attached hydrogen (secondary N) is 2. The highest BCUT2D eigenvalue weighted by Crippen LogP contribution is 2.12. The van der Waals surface area contributed by atoms with Gasteiger partial charge in [0.25, 0.3) is 0 Å². The Hall–Kier alpha value is -1.45. The van der Waals surface area contributed by atoms with E-state index in [2.05, 4.69) is 32.6 Å². The van der Waals surface area contributed by atoms with Gasteiger partial charge in [-0.05, 0) is 59.3 Å². The Morgan fingerprint density at radius 3 is 2.30 bits per heavy atom. The van der Waals surface area contributed by atoms with Gasteiger partial charge in [0.2, 0.25) is 15.9 Å². The largest absolute Gasteiger partial charge is 0.348 e. The van der Waals surface area contributed by atoms with Gasteiger partial charge in [-0.3, -0.25) is 4.79 Å². The molecule has 0 saturated carbocycles. The van der Waals surface area contributed by atoms with E-state index in [1.165, 1.54) is 12.1 Å². The third kappa shape index (κ3) is 5.29. The van der Waals surface area contributed by atoms with E-state index in [0.717, 1.165) is 9.13 Å². The van der Waals surface area contributed by atoms with E-state index in [9.17, 15) is 13.2 Å². The molecule has 0 aliphatic carbocycles. The number of amides is 1. The normalized spacial score (nSPS) is 12.6. The highest BCUT2D eigenvalue weighted by atomic mass is 127. The first-order valence-corrected chi connectivity index (χ1v) is 9.54. The van der Waals surface area contributed by atoms with Crippen molar-refractivity contribution < 1.29 is 13.2 Å². The monoisotopic (exact) mass is 444 g/mol. The zero-order valence-corrected chi connectivity index (χ0v) is 15.5. The minimum absolute atomic E-state index is 0.141. The molecular formula is C16H17IN2O3S. The van der Waals surface area contributed by atoms with Crippen molar-refractivity contribution >= 4 is 38.5 Å². The van der Waals surface area contributed by atoms with Crippen LogP contribution >= 0.6 is 22.6 Å². The third-order valence-electron chi connectivity index (χ3n) is 3.22. The first-order valence-electron chi connectivity index (χ1n) is 6.98. The average Bonchev–Trinajstić information content (AvgIpc) is 2.54. The van der Waals surface area contributed by atoms with E-state index in [4.69, 9.17) is 0 Å². The maximum atomic E-state index is 12.1. The van der Waals surface area contributed by atoms with E-state index in [1.807, 2.05) is 37.3 Å². The molecule has 23 heavy (non-hydrogen) atoms. The topological polar surface area (TPSA) is 75.3 Å². The molecule has 0 radical (unpaired) electrons. The van der Waals surface area contributed by atoms with Crippen molar-refractivity contribution in [3.63, 3.8) is 0 Å². The summed E-state index contributed by atoms with van der Waals surface area (Å²) in [5, 5.41) is 2.76. The molecule has 7 heteroatoms. The standard InChI is InChI=1S/C16H17IN2O3S/c1-12(13-5-3-2-4-6-13)19-16(20)11-18-23(21,22)15-9-7-14(17)8-10-15/h2-10,12,18H,11H2,1H3,(H,19,20)/t12-/m0/s1. The lowest BCUT2D eigenvalue weighted by molar-refractivity contribution is -0.120. The third-order valence-corrected chi connectivity index (χ3v) is 5.36. The highest BCUT2D eigenvalue weighted by molar-refractivity contribution is 14.1. The summed E-state index contributed by atoms with van der Waals surface area (Å²) in [6.07, 6.45) is 0. The fourth-order valence-electron chi connectivity index (χ4n) is 1.98. The van der Waals surface area contributed by atoms with E-state index < -0.39 is 10.0 Å². The van der Waals surface area contributed by atoms with Crippen molar-refractivity contribution in [2.45, 2.75) is 17.9 Å². The Bertz CT molecular complexity index is 762. The van der Waals surface area contributed by atoms with Crippen LogP contribution in [0.25, 0.3) is 0 Å². The molecule has 0 bridgehead atoms. The fourth-order valence-corrected chi connectivity index (χ4v) is 3.32. The van der Waals surface area contributed by atoms with Crippen molar-refractivity contribution in [3.05, 3.63) is 63.7 Å². The molecule has 2 rings (SSSR count). The Labute approximate surface area is 149 Å². The maximum absolute atomic E-state index is 12.1. The zero-order valence-electron chi connectivity index (χ0n) is 12.5. The minimum Gasteiger partial charge on any atom is -0.348 e. The first kappa shape index (κ1) is 17.9. The Kier molecular flexibility index (Phi) is 6.14. The maximum Gasteiger partial charge on any atom is 0.241 e. The van der Waals surface area contributed by atoms with Crippen LogP contribution in [0.3, 0.4) is 0 Å². The van der Waals surface area contributed by atoms with Crippen molar-refractivity contribution in [1.82, 2.24) is 10.0 Å². The number of sulfonamides is 1. The van der Waals surface area contributed by atoms with Gasteiger partial charge in [-0.25, -0.2) is 13.1 Å². The predicted molar refractivity (Wildman–Crippen MR) is 97.3 cm³/mol. The molecule has 0 saturated heterocycles. The number of hydrogen-bond donors (Lipinski definition) is 2. The molecule has 0 unspecified atom stereocenters. The smallest absolute Gasteiger partial charge is 0.241 e. The quantitative estimate of drug-likeness (QED) is 0.673. The molecule has 2 N–H and O–H groups in total. The lowest BCUT2D eigenvalue weighted by atomic mass is 10.1. The summed E-state index contributed by atoms with van der Waals surface area (Å²) < 4.78 is 27.5. The molecule has 0 aromatic heterocycles. The summed E-state index contributed by atoms with van der Waals surface area (Å²) in [5.41, 5.74) is 0.960. The van der Waals surface area contributed by atoms with Crippen LogP contribution in [-0.2, 0) is 14.8 Å². The van der Waals surface area contributed by atoms with Gasteiger partial charge in [0.05, 0.1) is 17.5 Å². The average molecular weight is 444 g/mol. The molecule has 5 nitrogen and oxygen atoms in total. The second kappa shape index (κ2) is 7.89. The van der Waals surface area contributed by atoms with Crippen LogP contribution in [-0.4, -0.2) is 20.9 Å². The van der Waals surface area contributed by atoms with E-state index in [1.54, 1.807) is 12.1 Å². The SMILES string of the molecule is C[C@H](NC(=O)CNS(=O)(=O)c1ccc(I)cc1)c1ccccc1. The second-order valence-electron chi connectivity index (χ2n) is 4.98. The van der Waals surface area contributed by atoms with Crippen molar-refractivity contribution in [2.75, 3.05) is 6.54 Å². The van der Waals surface area contributed by atoms with Gasteiger partial charge in [-0.15, -0.1) is 0 Å². The summed E-state index contributed by atoms with van der Waals surface area (Å²) in [5.74, 6) is -0.379. The molecular weight excluding hydrogens is 427 g/mol. The molecule has 1 atom stereocenters. The summed E-state index contributed by atoms with van der Waals surface area (Å²) in [7, 11) is -3.69. The van der Waals surface area contributed by atoms with E-state index in [-0.39, 0.29) is 23.4 Å². The van der Waals surface area contributed by atoms with Crippen LogP contribution in [0.15, 0.2) is 59.5 Å². The van der Waals surface area contributed by atoms with Crippen LogP contribution in [0.4, 0.5) is 0 Å². The highest BCUT2D eigenvalue weighted by Gasteiger charge is 2.16.